The van der Waals surface area contributed by atoms with Crippen LogP contribution in [0.2, 0.25) is 0 Å². The minimum Gasteiger partial charge on any atom is -0.497 e. The molecule has 0 saturated heterocycles. The third-order valence-corrected chi connectivity index (χ3v) is 3.75. The van der Waals surface area contributed by atoms with Crippen LogP contribution in [-0.4, -0.2) is 51.2 Å². The van der Waals surface area contributed by atoms with E-state index in [2.05, 4.69) is 0 Å². The molecule has 0 aliphatic rings. The van der Waals surface area contributed by atoms with Gasteiger partial charge in [0, 0.05) is 24.7 Å². The summed E-state index contributed by atoms with van der Waals surface area (Å²) in [7, 11) is 4.50. The third-order valence-electron chi connectivity index (χ3n) is 3.75. The summed E-state index contributed by atoms with van der Waals surface area (Å²) in [5, 5.41) is 0. The number of benzene rings is 1. The van der Waals surface area contributed by atoms with Crippen LogP contribution in [0, 0.1) is 5.92 Å². The minimum absolute atomic E-state index is 0.164. The number of rotatable bonds is 9. The molecule has 1 amide bonds. The Balaban J connectivity index is 2.92. The largest absolute Gasteiger partial charge is 0.497 e. The first kappa shape index (κ1) is 20.5. The quantitative estimate of drug-likeness (QED) is 0.507. The highest BCUT2D eigenvalue weighted by molar-refractivity contribution is 5.92. The Morgan fingerprint density at radius 2 is 1.92 bits per heavy atom. The van der Waals surface area contributed by atoms with Crippen molar-refractivity contribution in [2.24, 2.45) is 5.92 Å². The minimum atomic E-state index is -0.375. The van der Waals surface area contributed by atoms with E-state index < -0.39 is 0 Å². The second-order valence-electron chi connectivity index (χ2n) is 5.65. The first-order valence-corrected chi connectivity index (χ1v) is 8.23. The molecule has 6 nitrogen and oxygen atoms in total. The summed E-state index contributed by atoms with van der Waals surface area (Å²) in [6, 6.07) is 5.37. The van der Waals surface area contributed by atoms with Crippen molar-refractivity contribution in [2.75, 3.05) is 34.4 Å². The molecule has 0 aromatic heterocycles. The molecule has 1 unspecified atom stereocenters. The van der Waals surface area contributed by atoms with Crippen LogP contribution in [0.3, 0.4) is 0 Å². The van der Waals surface area contributed by atoms with Crippen molar-refractivity contribution in [3.05, 3.63) is 29.8 Å². The molecule has 1 aromatic rings. The Hall–Kier alpha value is -2.50. The van der Waals surface area contributed by atoms with Gasteiger partial charge < -0.3 is 19.1 Å². The Kier molecular flexibility index (Phi) is 8.53. The van der Waals surface area contributed by atoms with Crippen LogP contribution in [0.1, 0.15) is 25.8 Å². The van der Waals surface area contributed by atoms with Crippen molar-refractivity contribution in [1.29, 1.82) is 0 Å². The van der Waals surface area contributed by atoms with E-state index in [1.807, 2.05) is 6.92 Å². The fraction of sp³-hybridized carbons (Fsp3) is 0.474. The van der Waals surface area contributed by atoms with E-state index in [9.17, 15) is 9.59 Å². The highest BCUT2D eigenvalue weighted by Gasteiger charge is 2.19. The monoisotopic (exact) mass is 349 g/mol. The smallest absolute Gasteiger partial charge is 0.310 e. The summed E-state index contributed by atoms with van der Waals surface area (Å²) in [4.78, 5) is 25.8. The molecule has 1 atom stereocenters. The number of methoxy groups -OCH3 is 3. The molecule has 25 heavy (non-hydrogen) atoms. The van der Waals surface area contributed by atoms with Gasteiger partial charge in [0.1, 0.15) is 11.5 Å². The van der Waals surface area contributed by atoms with Crippen LogP contribution in [0.15, 0.2) is 24.3 Å². The van der Waals surface area contributed by atoms with Crippen molar-refractivity contribution < 1.29 is 23.8 Å². The fourth-order valence-corrected chi connectivity index (χ4v) is 2.40. The van der Waals surface area contributed by atoms with Crippen molar-refractivity contribution >= 4 is 18.0 Å². The van der Waals surface area contributed by atoms with Gasteiger partial charge in [-0.15, -0.1) is 0 Å². The molecule has 0 heterocycles. The maximum absolute atomic E-state index is 12.5. The third kappa shape index (κ3) is 6.14. The summed E-state index contributed by atoms with van der Waals surface area (Å²) in [5.41, 5.74) is 0.743. The van der Waals surface area contributed by atoms with E-state index in [-0.39, 0.29) is 17.8 Å². The van der Waals surface area contributed by atoms with Crippen LogP contribution < -0.4 is 9.47 Å². The zero-order valence-corrected chi connectivity index (χ0v) is 15.6. The maximum atomic E-state index is 12.5. The molecule has 138 valence electrons. The van der Waals surface area contributed by atoms with Crippen LogP contribution in [0.4, 0.5) is 0 Å². The van der Waals surface area contributed by atoms with Crippen LogP contribution in [0.5, 0.6) is 11.5 Å². The van der Waals surface area contributed by atoms with E-state index >= 15 is 0 Å². The number of ether oxygens (including phenoxy) is 3. The lowest BCUT2D eigenvalue weighted by molar-refractivity contribution is -0.146. The summed E-state index contributed by atoms with van der Waals surface area (Å²) in [5.74, 6) is 0.461. The molecule has 0 N–H and O–H groups in total. The molecule has 0 spiro atoms. The van der Waals surface area contributed by atoms with E-state index in [0.717, 1.165) is 12.0 Å². The van der Waals surface area contributed by atoms with Gasteiger partial charge in [-0.25, -0.2) is 0 Å². The molecule has 1 aromatic carbocycles. The molecule has 0 aliphatic heterocycles. The Morgan fingerprint density at radius 1 is 1.20 bits per heavy atom. The van der Waals surface area contributed by atoms with Gasteiger partial charge in [-0.05, 0) is 30.7 Å². The number of carbonyl (C=O) groups is 2. The summed E-state index contributed by atoms with van der Waals surface area (Å²) < 4.78 is 15.2. The summed E-state index contributed by atoms with van der Waals surface area (Å²) in [6.07, 6.45) is 3.97. The predicted octanol–water partition coefficient (Wildman–Crippen LogP) is 2.76. The van der Waals surface area contributed by atoms with Gasteiger partial charge in [-0.1, -0.05) is 13.8 Å². The standard InChI is InChI=1S/C19H27NO5/c1-6-11-20(13-14(2)19(22)25-5)18(21)10-7-15-12-16(23-3)8-9-17(15)24-4/h7-10,12,14H,6,11,13H2,1-5H3/b10-7+. The van der Waals surface area contributed by atoms with Gasteiger partial charge in [-0.3, -0.25) is 9.59 Å². The van der Waals surface area contributed by atoms with E-state index in [1.54, 1.807) is 50.3 Å². The fourth-order valence-electron chi connectivity index (χ4n) is 2.40. The van der Waals surface area contributed by atoms with Gasteiger partial charge in [0.2, 0.25) is 5.91 Å². The van der Waals surface area contributed by atoms with Crippen molar-refractivity contribution in [2.45, 2.75) is 20.3 Å². The first-order chi connectivity index (χ1) is 12.0. The lowest BCUT2D eigenvalue weighted by Crippen LogP contribution is -2.36. The van der Waals surface area contributed by atoms with Crippen molar-refractivity contribution in [3.63, 3.8) is 0 Å². The van der Waals surface area contributed by atoms with Gasteiger partial charge in [0.15, 0.2) is 0 Å². The summed E-state index contributed by atoms with van der Waals surface area (Å²) >= 11 is 0. The number of amides is 1. The Bertz CT molecular complexity index is 612. The first-order valence-electron chi connectivity index (χ1n) is 8.23. The molecule has 6 heteroatoms. The van der Waals surface area contributed by atoms with Crippen LogP contribution in [-0.2, 0) is 14.3 Å². The molecule has 1 rings (SSSR count). The normalized spacial score (nSPS) is 11.9. The van der Waals surface area contributed by atoms with Crippen molar-refractivity contribution in [3.8, 4) is 11.5 Å². The molecule has 0 bridgehead atoms. The Labute approximate surface area is 149 Å². The van der Waals surface area contributed by atoms with Gasteiger partial charge in [0.25, 0.3) is 0 Å². The zero-order valence-electron chi connectivity index (χ0n) is 15.6. The number of hydrogen-bond donors (Lipinski definition) is 0. The van der Waals surface area contributed by atoms with Crippen LogP contribution >= 0.6 is 0 Å². The van der Waals surface area contributed by atoms with E-state index in [4.69, 9.17) is 14.2 Å². The molecular weight excluding hydrogens is 322 g/mol. The number of nitrogens with zero attached hydrogens (tertiary/aromatic N) is 1. The second kappa shape index (κ2) is 10.4. The average Bonchev–Trinajstić information content (AvgIpc) is 2.64. The van der Waals surface area contributed by atoms with Gasteiger partial charge >= 0.3 is 5.97 Å². The number of carbonyl (C=O) groups excluding carboxylic acids is 2. The SMILES string of the molecule is CCCN(CC(C)C(=O)OC)C(=O)/C=C/c1cc(OC)ccc1OC. The zero-order chi connectivity index (χ0) is 18.8. The summed E-state index contributed by atoms with van der Waals surface area (Å²) in [6.45, 7) is 4.62. The predicted molar refractivity (Wildman–Crippen MR) is 96.6 cm³/mol. The van der Waals surface area contributed by atoms with Gasteiger partial charge in [-0.2, -0.15) is 0 Å². The number of hydrogen-bond acceptors (Lipinski definition) is 5. The molecule has 0 fully saturated rings. The average molecular weight is 349 g/mol. The highest BCUT2D eigenvalue weighted by atomic mass is 16.5. The van der Waals surface area contributed by atoms with Crippen molar-refractivity contribution in [1.82, 2.24) is 4.90 Å². The highest BCUT2D eigenvalue weighted by Crippen LogP contribution is 2.25. The molecule has 0 aliphatic carbocycles. The lowest BCUT2D eigenvalue weighted by Gasteiger charge is -2.23. The topological polar surface area (TPSA) is 65.1 Å². The van der Waals surface area contributed by atoms with E-state index in [1.165, 1.54) is 13.2 Å². The number of esters is 1. The van der Waals surface area contributed by atoms with Gasteiger partial charge in [0.05, 0.1) is 27.2 Å². The second-order valence-corrected chi connectivity index (χ2v) is 5.65. The molecular formula is C19H27NO5. The Morgan fingerprint density at radius 3 is 2.48 bits per heavy atom. The van der Waals surface area contributed by atoms with Crippen LogP contribution in [0.25, 0.3) is 6.08 Å². The molecule has 0 radical (unpaired) electrons. The molecule has 0 saturated carbocycles. The van der Waals surface area contributed by atoms with E-state index in [0.29, 0.717) is 24.6 Å². The maximum Gasteiger partial charge on any atom is 0.310 e. The lowest BCUT2D eigenvalue weighted by atomic mass is 10.1.